The Morgan fingerprint density at radius 3 is 2.50 bits per heavy atom. The van der Waals surface area contributed by atoms with Gasteiger partial charge in [-0.15, -0.1) is 0 Å². The van der Waals surface area contributed by atoms with E-state index in [4.69, 9.17) is 5.73 Å². The van der Waals surface area contributed by atoms with E-state index in [1.54, 1.807) is 12.1 Å². The molecule has 0 bridgehead atoms. The molecule has 5 N–H and O–H groups in total. The van der Waals surface area contributed by atoms with Crippen LogP contribution in [0.25, 0.3) is 0 Å². The second kappa shape index (κ2) is 10.6. The Hall–Kier alpha value is -2.87. The fraction of sp³-hybridized carbons (Fsp3) is 0.500. The Kier molecular flexibility index (Phi) is 8.02. The highest BCUT2D eigenvalue weighted by molar-refractivity contribution is 7.93. The molecular formula is C20H25F4N5O4S. The summed E-state index contributed by atoms with van der Waals surface area (Å²) in [6, 6.07) is 5.53. The first-order chi connectivity index (χ1) is 16.0. The summed E-state index contributed by atoms with van der Waals surface area (Å²) in [6.07, 6.45) is -1.24. The summed E-state index contributed by atoms with van der Waals surface area (Å²) in [5, 5.41) is 7.53. The maximum atomic E-state index is 13.0. The number of sulfone groups is 1. The average molecular weight is 508 g/mol. The number of amides is 2. The van der Waals surface area contributed by atoms with Crippen LogP contribution in [-0.2, 0) is 14.6 Å². The maximum absolute atomic E-state index is 13.0. The lowest BCUT2D eigenvalue weighted by Gasteiger charge is -2.28. The van der Waals surface area contributed by atoms with Gasteiger partial charge in [-0.3, -0.25) is 0 Å². The highest BCUT2D eigenvalue weighted by atomic mass is 32.2. The Morgan fingerprint density at radius 2 is 1.91 bits per heavy atom. The van der Waals surface area contributed by atoms with Gasteiger partial charge in [0, 0.05) is 17.5 Å². The Morgan fingerprint density at radius 1 is 1.24 bits per heavy atom. The second-order valence-corrected chi connectivity index (χ2v) is 10.2. The standard InChI is InChI=1S/C20H25F4N5O4S/c21-15(22)11-26-19(30)27-13-4-2-12(3-5-13)17-28-14(10-16(25)29-17)20(6-7-20)34(31,32)9-1-8-33-18(23)24/h2-5,10,15,17-18,28H,1,6-9,11H2,(H2,25,29)(H2,26,27,30). The van der Waals surface area contributed by atoms with Gasteiger partial charge in [-0.1, -0.05) is 12.1 Å². The van der Waals surface area contributed by atoms with E-state index in [0.29, 0.717) is 29.8 Å². The fourth-order valence-electron chi connectivity index (χ4n) is 3.55. The number of amidine groups is 1. The number of halogens is 4. The van der Waals surface area contributed by atoms with Crippen molar-refractivity contribution in [2.45, 2.75) is 43.2 Å². The van der Waals surface area contributed by atoms with Gasteiger partial charge in [-0.2, -0.15) is 8.78 Å². The van der Waals surface area contributed by atoms with E-state index >= 15 is 0 Å². The number of ether oxygens (including phenoxy) is 1. The number of nitrogens with zero attached hydrogens (tertiary/aromatic N) is 1. The lowest BCUT2D eigenvalue weighted by atomic mass is 10.1. The topological polar surface area (TPSA) is 135 Å². The summed E-state index contributed by atoms with van der Waals surface area (Å²) in [4.78, 5) is 15.9. The van der Waals surface area contributed by atoms with Crippen LogP contribution < -0.4 is 21.7 Å². The number of anilines is 1. The molecule has 34 heavy (non-hydrogen) atoms. The molecule has 0 saturated heterocycles. The molecule has 0 spiro atoms. The Labute approximate surface area is 193 Å². The van der Waals surface area contributed by atoms with Gasteiger partial charge in [-0.25, -0.2) is 27.0 Å². The number of carbonyl (C=O) groups excluding carboxylic acids is 1. The van der Waals surface area contributed by atoms with Crippen LogP contribution in [-0.4, -0.2) is 57.0 Å². The lowest BCUT2D eigenvalue weighted by molar-refractivity contribution is -0.128. The molecule has 1 aliphatic carbocycles. The Bertz CT molecular complexity index is 1040. The summed E-state index contributed by atoms with van der Waals surface area (Å²) >= 11 is 0. The van der Waals surface area contributed by atoms with Crippen LogP contribution in [0.15, 0.2) is 41.0 Å². The minimum absolute atomic E-state index is 0.0615. The third-order valence-electron chi connectivity index (χ3n) is 5.36. The lowest BCUT2D eigenvalue weighted by Crippen LogP contribution is -2.40. The molecule has 1 atom stereocenters. The van der Waals surface area contributed by atoms with Crippen LogP contribution in [0.2, 0.25) is 0 Å². The largest absolute Gasteiger partial charge is 0.384 e. The number of hydrogen-bond donors (Lipinski definition) is 4. The summed E-state index contributed by atoms with van der Waals surface area (Å²) in [7, 11) is -3.68. The van der Waals surface area contributed by atoms with Crippen molar-refractivity contribution in [3.05, 3.63) is 41.6 Å². The van der Waals surface area contributed by atoms with Crippen molar-refractivity contribution in [2.24, 2.45) is 10.7 Å². The number of alkyl halides is 4. The minimum Gasteiger partial charge on any atom is -0.384 e. The number of rotatable bonds is 11. The first-order valence-corrected chi connectivity index (χ1v) is 12.0. The third kappa shape index (κ3) is 6.38. The summed E-state index contributed by atoms with van der Waals surface area (Å²) < 4.78 is 77.5. The molecule has 1 unspecified atom stereocenters. The van der Waals surface area contributed by atoms with E-state index in [-0.39, 0.29) is 24.6 Å². The molecule has 0 radical (unpaired) electrons. The molecule has 3 rings (SSSR count). The van der Waals surface area contributed by atoms with E-state index in [1.165, 1.54) is 18.2 Å². The van der Waals surface area contributed by atoms with E-state index in [0.717, 1.165) is 0 Å². The van der Waals surface area contributed by atoms with Crippen molar-refractivity contribution in [3.8, 4) is 0 Å². The maximum Gasteiger partial charge on any atom is 0.345 e. The smallest absolute Gasteiger partial charge is 0.345 e. The van der Waals surface area contributed by atoms with Gasteiger partial charge in [0.1, 0.15) is 16.7 Å². The van der Waals surface area contributed by atoms with Crippen molar-refractivity contribution >= 4 is 27.4 Å². The van der Waals surface area contributed by atoms with Crippen molar-refractivity contribution in [1.82, 2.24) is 10.6 Å². The number of nitrogens with one attached hydrogen (secondary N) is 3. The van der Waals surface area contributed by atoms with Crippen LogP contribution in [0.3, 0.4) is 0 Å². The highest BCUT2D eigenvalue weighted by Gasteiger charge is 2.57. The first-order valence-electron chi connectivity index (χ1n) is 10.4. The molecule has 2 aliphatic rings. The summed E-state index contributed by atoms with van der Waals surface area (Å²) in [5.74, 6) is -0.191. The fourth-order valence-corrected chi connectivity index (χ4v) is 5.61. The number of nitrogens with two attached hydrogens (primary N) is 1. The molecule has 1 saturated carbocycles. The zero-order valence-electron chi connectivity index (χ0n) is 17.9. The van der Waals surface area contributed by atoms with Crippen LogP contribution in [0.1, 0.15) is 31.0 Å². The van der Waals surface area contributed by atoms with Gasteiger partial charge in [0.2, 0.25) is 0 Å². The van der Waals surface area contributed by atoms with E-state index in [9.17, 15) is 30.8 Å². The molecule has 1 aromatic carbocycles. The van der Waals surface area contributed by atoms with Crippen LogP contribution >= 0.6 is 0 Å². The van der Waals surface area contributed by atoms with Gasteiger partial charge in [-0.05, 0) is 37.0 Å². The van der Waals surface area contributed by atoms with Gasteiger partial charge in [0.15, 0.2) is 9.84 Å². The summed E-state index contributed by atoms with van der Waals surface area (Å²) in [5.41, 5.74) is 7.29. The monoisotopic (exact) mass is 507 g/mol. The second-order valence-electron chi connectivity index (χ2n) is 7.81. The zero-order chi connectivity index (χ0) is 24.9. The molecular weight excluding hydrogens is 482 g/mol. The third-order valence-corrected chi connectivity index (χ3v) is 8.00. The normalized spacial score (nSPS) is 19.3. The summed E-state index contributed by atoms with van der Waals surface area (Å²) in [6.45, 7) is -4.10. The zero-order valence-corrected chi connectivity index (χ0v) is 18.8. The quantitative estimate of drug-likeness (QED) is 0.269. The molecule has 188 valence electrons. The number of urea groups is 1. The average Bonchev–Trinajstić information content (AvgIpc) is 3.58. The molecule has 9 nitrogen and oxygen atoms in total. The first kappa shape index (κ1) is 25.7. The molecule has 2 amide bonds. The van der Waals surface area contributed by atoms with Gasteiger partial charge >= 0.3 is 12.6 Å². The van der Waals surface area contributed by atoms with Crippen molar-refractivity contribution in [2.75, 3.05) is 24.2 Å². The predicted octanol–water partition coefficient (Wildman–Crippen LogP) is 2.49. The van der Waals surface area contributed by atoms with Crippen LogP contribution in [0, 0.1) is 0 Å². The van der Waals surface area contributed by atoms with Crippen LogP contribution in [0.4, 0.5) is 28.0 Å². The molecule has 1 aliphatic heterocycles. The van der Waals surface area contributed by atoms with E-state index in [1.807, 2.05) is 5.32 Å². The van der Waals surface area contributed by atoms with Gasteiger partial charge < -0.3 is 26.4 Å². The van der Waals surface area contributed by atoms with Gasteiger partial charge in [0.05, 0.1) is 18.9 Å². The number of benzene rings is 1. The Balaban J connectivity index is 1.65. The number of aliphatic imine (C=N–C) groups is 1. The van der Waals surface area contributed by atoms with Crippen LogP contribution in [0.5, 0.6) is 0 Å². The predicted molar refractivity (Wildman–Crippen MR) is 117 cm³/mol. The van der Waals surface area contributed by atoms with E-state index < -0.39 is 46.4 Å². The molecule has 14 heteroatoms. The van der Waals surface area contributed by atoms with Gasteiger partial charge in [0.25, 0.3) is 6.43 Å². The molecule has 1 heterocycles. The van der Waals surface area contributed by atoms with Crippen molar-refractivity contribution in [1.29, 1.82) is 0 Å². The number of hydrogen-bond acceptors (Lipinski definition) is 7. The highest BCUT2D eigenvalue weighted by Crippen LogP contribution is 2.50. The van der Waals surface area contributed by atoms with Crippen molar-refractivity contribution in [3.63, 3.8) is 0 Å². The molecule has 1 fully saturated rings. The van der Waals surface area contributed by atoms with Crippen molar-refractivity contribution < 1.29 is 35.5 Å². The number of carbonyl (C=O) groups is 1. The van der Waals surface area contributed by atoms with E-state index in [2.05, 4.69) is 20.4 Å². The molecule has 1 aromatic rings. The minimum atomic E-state index is -3.68. The molecule has 0 aromatic heterocycles. The SMILES string of the molecule is NC1=NC(c2ccc(NC(=O)NCC(F)F)cc2)NC(C2(S(=O)(=O)CCCOC(F)F)CC2)=C1.